The summed E-state index contributed by atoms with van der Waals surface area (Å²) in [6, 6.07) is 5.82. The molecule has 0 radical (unpaired) electrons. The van der Waals surface area contributed by atoms with E-state index in [-0.39, 0.29) is 5.91 Å². The molecule has 20 heavy (non-hydrogen) atoms. The van der Waals surface area contributed by atoms with Crippen LogP contribution in [-0.2, 0) is 16.0 Å². The number of carbonyl (C=O) groups is 1. The van der Waals surface area contributed by atoms with Crippen LogP contribution >= 0.6 is 0 Å². The quantitative estimate of drug-likeness (QED) is 0.831. The highest BCUT2D eigenvalue weighted by atomic mass is 16.5. The first-order valence-electron chi connectivity index (χ1n) is 6.99. The summed E-state index contributed by atoms with van der Waals surface area (Å²) in [4.78, 5) is 13.9. The van der Waals surface area contributed by atoms with Crippen LogP contribution in [0, 0.1) is 0 Å². The van der Waals surface area contributed by atoms with Crippen molar-refractivity contribution in [1.29, 1.82) is 0 Å². The van der Waals surface area contributed by atoms with Crippen LogP contribution in [0.4, 0.5) is 0 Å². The Kier molecular flexibility index (Phi) is 3.92. The van der Waals surface area contributed by atoms with E-state index in [1.165, 1.54) is 0 Å². The fraction of sp³-hybridized carbons (Fsp3) is 0.500. The number of aryl methyl sites for hydroxylation is 1. The van der Waals surface area contributed by atoms with Crippen LogP contribution in [0.3, 0.4) is 0 Å². The van der Waals surface area contributed by atoms with E-state index < -0.39 is 0 Å². The van der Waals surface area contributed by atoms with E-state index in [4.69, 9.17) is 4.74 Å². The fourth-order valence-corrected chi connectivity index (χ4v) is 2.43. The molecule has 0 atom stereocenters. The summed E-state index contributed by atoms with van der Waals surface area (Å²) in [5, 5.41) is 8.28. The minimum atomic E-state index is 0.210. The van der Waals surface area contributed by atoms with Crippen molar-refractivity contribution < 1.29 is 9.53 Å². The van der Waals surface area contributed by atoms with Crippen molar-refractivity contribution in [2.24, 2.45) is 0 Å². The average Bonchev–Trinajstić information content (AvgIpc) is 2.92. The Morgan fingerprint density at radius 1 is 1.25 bits per heavy atom. The number of carbonyl (C=O) groups excluding carboxylic acids is 1. The number of amides is 1. The fourth-order valence-electron chi connectivity index (χ4n) is 2.43. The van der Waals surface area contributed by atoms with Crippen molar-refractivity contribution in [3.8, 4) is 0 Å². The zero-order chi connectivity index (χ0) is 13.8. The highest BCUT2D eigenvalue weighted by molar-refractivity contribution is 5.76. The number of pyridine rings is 1. The van der Waals surface area contributed by atoms with Gasteiger partial charge in [0.1, 0.15) is 5.82 Å². The van der Waals surface area contributed by atoms with E-state index >= 15 is 0 Å². The Morgan fingerprint density at radius 2 is 2.10 bits per heavy atom. The number of hydrogen-bond acceptors (Lipinski definition) is 4. The molecule has 0 aromatic carbocycles. The molecule has 1 aliphatic rings. The molecular weight excluding hydrogens is 256 g/mol. The molecule has 0 spiro atoms. The van der Waals surface area contributed by atoms with Gasteiger partial charge in [0, 0.05) is 32.1 Å². The highest BCUT2D eigenvalue weighted by Gasteiger charge is 2.16. The van der Waals surface area contributed by atoms with Crippen LogP contribution in [0.2, 0.25) is 0 Å². The molecule has 1 saturated heterocycles. The molecule has 0 saturated carbocycles. The second-order valence-electron chi connectivity index (χ2n) is 4.89. The lowest BCUT2D eigenvalue weighted by Crippen LogP contribution is -2.40. The van der Waals surface area contributed by atoms with Gasteiger partial charge < -0.3 is 9.64 Å². The summed E-state index contributed by atoms with van der Waals surface area (Å²) in [6.07, 6.45) is 4.07. The molecule has 1 amide bonds. The first kappa shape index (κ1) is 13.1. The van der Waals surface area contributed by atoms with E-state index in [1.54, 1.807) is 0 Å². The van der Waals surface area contributed by atoms with Crippen molar-refractivity contribution >= 4 is 11.6 Å². The SMILES string of the molecule is O=C(CCCc1nnc2ccccn12)N1CCOCC1. The van der Waals surface area contributed by atoms with Gasteiger partial charge in [-0.3, -0.25) is 9.20 Å². The lowest BCUT2D eigenvalue weighted by molar-refractivity contribution is -0.135. The molecule has 3 heterocycles. The molecule has 0 aliphatic carbocycles. The third-order valence-corrected chi connectivity index (χ3v) is 3.54. The molecular formula is C14H18N4O2. The summed E-state index contributed by atoms with van der Waals surface area (Å²) in [5.41, 5.74) is 0.849. The summed E-state index contributed by atoms with van der Waals surface area (Å²) in [5.74, 6) is 1.12. The molecule has 106 valence electrons. The smallest absolute Gasteiger partial charge is 0.222 e. The van der Waals surface area contributed by atoms with Crippen molar-refractivity contribution in [1.82, 2.24) is 19.5 Å². The average molecular weight is 274 g/mol. The van der Waals surface area contributed by atoms with Crippen molar-refractivity contribution in [2.75, 3.05) is 26.3 Å². The molecule has 1 fully saturated rings. The normalized spacial score (nSPS) is 15.7. The zero-order valence-corrected chi connectivity index (χ0v) is 11.4. The molecule has 6 nitrogen and oxygen atoms in total. The second-order valence-corrected chi connectivity index (χ2v) is 4.89. The topological polar surface area (TPSA) is 59.7 Å². The molecule has 2 aromatic heterocycles. The van der Waals surface area contributed by atoms with Gasteiger partial charge in [-0.2, -0.15) is 0 Å². The Labute approximate surface area is 117 Å². The van der Waals surface area contributed by atoms with Crippen molar-refractivity contribution in [3.63, 3.8) is 0 Å². The van der Waals surface area contributed by atoms with Gasteiger partial charge in [0.05, 0.1) is 13.2 Å². The maximum Gasteiger partial charge on any atom is 0.222 e. The van der Waals surface area contributed by atoms with Crippen LogP contribution in [0.25, 0.3) is 5.65 Å². The third kappa shape index (κ3) is 2.80. The van der Waals surface area contributed by atoms with Crippen LogP contribution in [0.15, 0.2) is 24.4 Å². The Bertz CT molecular complexity index is 590. The van der Waals surface area contributed by atoms with Crippen LogP contribution in [0.5, 0.6) is 0 Å². The van der Waals surface area contributed by atoms with Crippen LogP contribution in [-0.4, -0.2) is 51.7 Å². The Balaban J connectivity index is 1.53. The Morgan fingerprint density at radius 3 is 2.95 bits per heavy atom. The molecule has 0 unspecified atom stereocenters. The van der Waals surface area contributed by atoms with Gasteiger partial charge in [0.2, 0.25) is 5.91 Å². The van der Waals surface area contributed by atoms with Gasteiger partial charge in [-0.15, -0.1) is 10.2 Å². The molecule has 0 bridgehead atoms. The molecule has 0 N–H and O–H groups in total. The number of hydrogen-bond donors (Lipinski definition) is 0. The minimum Gasteiger partial charge on any atom is -0.378 e. The van der Waals surface area contributed by atoms with Gasteiger partial charge in [-0.1, -0.05) is 6.07 Å². The number of aromatic nitrogens is 3. The predicted octanol–water partition coefficient (Wildman–Crippen LogP) is 0.911. The molecule has 1 aliphatic heterocycles. The van der Waals surface area contributed by atoms with Gasteiger partial charge in [0.25, 0.3) is 0 Å². The number of rotatable bonds is 4. The number of fused-ring (bicyclic) bond motifs is 1. The van der Waals surface area contributed by atoms with Crippen LogP contribution in [0.1, 0.15) is 18.7 Å². The zero-order valence-electron chi connectivity index (χ0n) is 11.4. The number of morpholine rings is 1. The molecule has 6 heteroatoms. The van der Waals surface area contributed by atoms with Crippen molar-refractivity contribution in [3.05, 3.63) is 30.2 Å². The standard InChI is InChI=1S/C14H18N4O2/c19-14(17-8-10-20-11-9-17)6-3-5-13-16-15-12-4-1-2-7-18(12)13/h1-2,4,7H,3,5-6,8-11H2. The van der Waals surface area contributed by atoms with E-state index in [0.717, 1.165) is 24.3 Å². The predicted molar refractivity (Wildman–Crippen MR) is 73.3 cm³/mol. The number of nitrogens with zero attached hydrogens (tertiary/aromatic N) is 4. The second kappa shape index (κ2) is 6.00. The summed E-state index contributed by atoms with van der Waals surface area (Å²) < 4.78 is 7.22. The monoisotopic (exact) mass is 274 g/mol. The maximum atomic E-state index is 12.0. The summed E-state index contributed by atoms with van der Waals surface area (Å²) in [7, 11) is 0. The molecule has 2 aromatic rings. The third-order valence-electron chi connectivity index (χ3n) is 3.54. The lowest BCUT2D eigenvalue weighted by atomic mass is 10.2. The van der Waals surface area contributed by atoms with Gasteiger partial charge in [0.15, 0.2) is 5.65 Å². The van der Waals surface area contributed by atoms with Crippen LogP contribution < -0.4 is 0 Å². The van der Waals surface area contributed by atoms with E-state index in [9.17, 15) is 4.79 Å². The first-order chi connectivity index (χ1) is 9.84. The van der Waals surface area contributed by atoms with E-state index in [0.29, 0.717) is 32.7 Å². The molecule has 3 rings (SSSR count). The van der Waals surface area contributed by atoms with E-state index in [2.05, 4.69) is 10.2 Å². The van der Waals surface area contributed by atoms with Gasteiger partial charge in [-0.25, -0.2) is 0 Å². The maximum absolute atomic E-state index is 12.0. The largest absolute Gasteiger partial charge is 0.378 e. The highest BCUT2D eigenvalue weighted by Crippen LogP contribution is 2.08. The van der Waals surface area contributed by atoms with E-state index in [1.807, 2.05) is 33.7 Å². The summed E-state index contributed by atoms with van der Waals surface area (Å²) >= 11 is 0. The number of ether oxygens (including phenoxy) is 1. The Hall–Kier alpha value is -1.95. The minimum absolute atomic E-state index is 0.210. The van der Waals surface area contributed by atoms with Gasteiger partial charge >= 0.3 is 0 Å². The van der Waals surface area contributed by atoms with Gasteiger partial charge in [-0.05, 0) is 18.6 Å². The summed E-state index contributed by atoms with van der Waals surface area (Å²) in [6.45, 7) is 2.74. The lowest BCUT2D eigenvalue weighted by Gasteiger charge is -2.26. The van der Waals surface area contributed by atoms with Crippen molar-refractivity contribution in [2.45, 2.75) is 19.3 Å². The first-order valence-corrected chi connectivity index (χ1v) is 6.99.